The van der Waals surface area contributed by atoms with E-state index in [1.807, 2.05) is 0 Å². The first-order chi connectivity index (χ1) is 2.00. The van der Waals surface area contributed by atoms with Crippen molar-refractivity contribution in [2.45, 2.75) is 0 Å². The van der Waals surface area contributed by atoms with Gasteiger partial charge in [0.25, 0.3) is 0 Å². The van der Waals surface area contributed by atoms with Gasteiger partial charge in [-0.15, -0.1) is 0 Å². The van der Waals surface area contributed by atoms with Gasteiger partial charge in [0.05, 0.1) is 0 Å². The van der Waals surface area contributed by atoms with E-state index in [1.165, 1.54) is 0 Å². The first-order valence-corrected chi connectivity index (χ1v) is 0.816. The summed E-state index contributed by atoms with van der Waals surface area (Å²) in [5, 5.41) is 16.5. The molecule has 0 fully saturated rings. The van der Waals surface area contributed by atoms with Crippen LogP contribution in [0.5, 0.6) is 0 Å². The molecule has 0 N–H and O–H groups in total. The molecule has 0 aromatic heterocycles. The fraction of sp³-hybridized carbons (Fsp3) is 1.00. The van der Waals surface area contributed by atoms with Gasteiger partial charge in [0.1, 0.15) is 0 Å². The molecule has 0 radical (unpaired) electrons. The van der Waals surface area contributed by atoms with Crippen molar-refractivity contribution in [2.24, 2.45) is 0 Å². The number of rotatable bonds is 0. The molecule has 0 rings (SSSR count). The molecule has 0 saturated heterocycles. The molecule has 0 aliphatic carbocycles. The van der Waals surface area contributed by atoms with E-state index in [4.69, 9.17) is 10.2 Å². The van der Waals surface area contributed by atoms with Gasteiger partial charge >= 0.3 is 88.7 Å². The molecule has 5 heteroatoms. The third kappa shape index (κ3) is 50.1. The summed E-state index contributed by atoms with van der Waals surface area (Å²) in [7, 11) is 1.50. The predicted octanol–water partition coefficient (Wildman–Crippen LogP) is -8.69. The van der Waals surface area contributed by atoms with Gasteiger partial charge in [-0.2, -0.15) is 14.2 Å². The van der Waals surface area contributed by atoms with E-state index < -0.39 is 0 Å². The van der Waals surface area contributed by atoms with Gasteiger partial charge in [-0.3, -0.25) is 0 Å². The summed E-state index contributed by atoms with van der Waals surface area (Å²) in [6.45, 7) is 0. The monoisotopic (exact) mass is 132 g/mol. The SMILES string of the molecule is C[O-].C[O-].[Na+].[Na+].[NaH]. The zero-order valence-corrected chi connectivity index (χ0v) is 8.82. The van der Waals surface area contributed by atoms with Crippen LogP contribution in [0.4, 0.5) is 0 Å². The van der Waals surface area contributed by atoms with Crippen molar-refractivity contribution in [3.05, 3.63) is 0 Å². The topological polar surface area (TPSA) is 46.1 Å². The van der Waals surface area contributed by atoms with E-state index in [9.17, 15) is 0 Å². The van der Waals surface area contributed by atoms with Gasteiger partial charge < -0.3 is 10.2 Å². The maximum atomic E-state index is 8.25. The zero-order valence-electron chi connectivity index (χ0n) is 4.82. The van der Waals surface area contributed by atoms with Crippen LogP contribution in [0.1, 0.15) is 0 Å². The normalized spacial score (nSPS) is 1.71. The van der Waals surface area contributed by atoms with Crippen molar-refractivity contribution in [1.82, 2.24) is 0 Å². The van der Waals surface area contributed by atoms with Crippen molar-refractivity contribution in [3.63, 3.8) is 0 Å². The van der Waals surface area contributed by atoms with Gasteiger partial charge in [-0.25, -0.2) is 0 Å². The maximum absolute atomic E-state index is 8.25. The first kappa shape index (κ1) is 32.6. The third-order valence-electron chi connectivity index (χ3n) is 0. The van der Waals surface area contributed by atoms with E-state index in [0.29, 0.717) is 0 Å². The van der Waals surface area contributed by atoms with Crippen LogP contribution in [0.25, 0.3) is 0 Å². The standard InChI is InChI=1S/2CH3O.3Na.H/c2*1-2;;;;/h2*1H3;;;;/q2*-1;;2*+1;. The van der Waals surface area contributed by atoms with E-state index in [1.54, 1.807) is 0 Å². The molecule has 0 atom stereocenters. The minimum absolute atomic E-state index is 0. The van der Waals surface area contributed by atoms with Crippen LogP contribution in [-0.4, -0.2) is 43.8 Å². The van der Waals surface area contributed by atoms with Gasteiger partial charge in [0, 0.05) is 0 Å². The van der Waals surface area contributed by atoms with E-state index in [-0.39, 0.29) is 88.7 Å². The molecule has 0 spiro atoms. The number of hydrogen-bond donors (Lipinski definition) is 0. The average molecular weight is 132 g/mol. The molecule has 0 bridgehead atoms. The van der Waals surface area contributed by atoms with Crippen LogP contribution in [-0.2, 0) is 0 Å². The molecule has 0 saturated carbocycles. The summed E-state index contributed by atoms with van der Waals surface area (Å²) < 4.78 is 0. The Morgan fingerprint density at radius 3 is 0.714 bits per heavy atom. The second kappa shape index (κ2) is 65.6. The van der Waals surface area contributed by atoms with Gasteiger partial charge in [0.2, 0.25) is 0 Å². The quantitative estimate of drug-likeness (QED) is 0.307. The third-order valence-corrected chi connectivity index (χ3v) is 0. The van der Waals surface area contributed by atoms with Crippen molar-refractivity contribution >= 4 is 29.6 Å². The van der Waals surface area contributed by atoms with Crippen molar-refractivity contribution < 1.29 is 69.3 Å². The minimum atomic E-state index is 0. The van der Waals surface area contributed by atoms with Crippen LogP contribution in [0, 0.1) is 0 Å². The molecule has 2 nitrogen and oxygen atoms in total. The Morgan fingerprint density at radius 1 is 0.714 bits per heavy atom. The molecule has 7 heavy (non-hydrogen) atoms. The molecule has 0 aromatic rings. The Bertz CT molecular complexity index is 10.9. The summed E-state index contributed by atoms with van der Waals surface area (Å²) >= 11 is 0. The molecule has 0 aliphatic rings. The second-order valence-corrected chi connectivity index (χ2v) is 0. The van der Waals surface area contributed by atoms with Crippen molar-refractivity contribution in [3.8, 4) is 0 Å². The Kier molecular flexibility index (Phi) is 306. The van der Waals surface area contributed by atoms with Gasteiger partial charge in [0.15, 0.2) is 0 Å². The Balaban J connectivity index is -0.00000000267. The van der Waals surface area contributed by atoms with Crippen molar-refractivity contribution in [1.29, 1.82) is 0 Å². The fourth-order valence-corrected chi connectivity index (χ4v) is 0. The summed E-state index contributed by atoms with van der Waals surface area (Å²) in [5.41, 5.74) is 0. The van der Waals surface area contributed by atoms with E-state index in [0.717, 1.165) is 14.2 Å². The van der Waals surface area contributed by atoms with Crippen LogP contribution in [0.3, 0.4) is 0 Å². The Labute approximate surface area is 111 Å². The summed E-state index contributed by atoms with van der Waals surface area (Å²) in [6, 6.07) is 0. The molecule has 0 aliphatic heterocycles. The average Bonchev–Trinajstić information content (AvgIpc) is 1.50. The summed E-state index contributed by atoms with van der Waals surface area (Å²) in [4.78, 5) is 0. The van der Waals surface area contributed by atoms with E-state index in [2.05, 4.69) is 0 Å². The fourth-order valence-electron chi connectivity index (χ4n) is 0. The van der Waals surface area contributed by atoms with E-state index >= 15 is 0 Å². The molecule has 30 valence electrons. The molecular weight excluding hydrogens is 125 g/mol. The number of hydrogen-bond acceptors (Lipinski definition) is 2. The predicted molar refractivity (Wildman–Crippen MR) is 19.0 cm³/mol. The van der Waals surface area contributed by atoms with Crippen LogP contribution in [0.2, 0.25) is 0 Å². The Hall–Kier alpha value is 2.92. The second-order valence-electron chi connectivity index (χ2n) is 0. The molecule has 0 aromatic carbocycles. The summed E-state index contributed by atoms with van der Waals surface area (Å²) in [6.07, 6.45) is 0. The summed E-state index contributed by atoms with van der Waals surface area (Å²) in [5.74, 6) is 0. The molecular formula is C2H7Na3O2. The molecule has 0 amide bonds. The van der Waals surface area contributed by atoms with Crippen LogP contribution >= 0.6 is 0 Å². The van der Waals surface area contributed by atoms with Crippen molar-refractivity contribution in [2.75, 3.05) is 14.2 Å². The molecule has 0 unspecified atom stereocenters. The molecule has 0 heterocycles. The van der Waals surface area contributed by atoms with Gasteiger partial charge in [-0.05, 0) is 0 Å². The van der Waals surface area contributed by atoms with Crippen LogP contribution in [0.15, 0.2) is 0 Å². The van der Waals surface area contributed by atoms with Crippen LogP contribution < -0.4 is 69.3 Å². The van der Waals surface area contributed by atoms with Gasteiger partial charge in [-0.1, -0.05) is 0 Å². The first-order valence-electron chi connectivity index (χ1n) is 0.816. The zero-order chi connectivity index (χ0) is 4.00. The Morgan fingerprint density at radius 2 is 0.714 bits per heavy atom.